The summed E-state index contributed by atoms with van der Waals surface area (Å²) >= 11 is 0. The summed E-state index contributed by atoms with van der Waals surface area (Å²) in [5, 5.41) is 2.92. The van der Waals surface area contributed by atoms with Gasteiger partial charge in [-0.05, 0) is 33.1 Å². The molecule has 0 fully saturated rings. The molecule has 102 valence electrons. The number of hydrogen-bond donors (Lipinski definition) is 2. The van der Waals surface area contributed by atoms with Gasteiger partial charge in [0.25, 0.3) is 0 Å². The minimum absolute atomic E-state index is 0.0774. The minimum Gasteiger partial charge on any atom is -0.370 e. The van der Waals surface area contributed by atoms with Crippen LogP contribution in [0.2, 0.25) is 0 Å². The van der Waals surface area contributed by atoms with E-state index in [1.165, 1.54) is 0 Å². The Kier molecular flexibility index (Phi) is 6.72. The van der Waals surface area contributed by atoms with E-state index < -0.39 is 0 Å². The number of nitrogens with one attached hydrogen (secondary N) is 1. The summed E-state index contributed by atoms with van der Waals surface area (Å²) in [4.78, 5) is 11.6. The third-order valence-corrected chi connectivity index (χ3v) is 3.39. The van der Waals surface area contributed by atoms with Crippen LogP contribution in [0.5, 0.6) is 0 Å². The fourth-order valence-corrected chi connectivity index (χ4v) is 1.30. The van der Waals surface area contributed by atoms with E-state index >= 15 is 0 Å². The van der Waals surface area contributed by atoms with Crippen LogP contribution in [0, 0.1) is 0 Å². The number of hydrogen-bond acceptors (Lipinski definition) is 3. The lowest BCUT2D eigenvalue weighted by Gasteiger charge is -2.27. The Morgan fingerprint density at radius 2 is 1.71 bits per heavy atom. The summed E-state index contributed by atoms with van der Waals surface area (Å²) in [7, 11) is 0. The van der Waals surface area contributed by atoms with Crippen LogP contribution in [0.15, 0.2) is 0 Å². The average molecular weight is 244 g/mol. The maximum absolute atomic E-state index is 11.6. The predicted molar refractivity (Wildman–Crippen MR) is 70.8 cm³/mol. The molecule has 0 aromatic heterocycles. The third-order valence-electron chi connectivity index (χ3n) is 3.39. The third kappa shape index (κ3) is 6.64. The predicted octanol–water partition coefficient (Wildman–Crippen LogP) is 1.83. The molecular weight excluding hydrogens is 216 g/mol. The zero-order valence-corrected chi connectivity index (χ0v) is 11.9. The lowest BCUT2D eigenvalue weighted by molar-refractivity contribution is -0.128. The average Bonchev–Trinajstić information content (AvgIpc) is 2.28. The van der Waals surface area contributed by atoms with Gasteiger partial charge in [-0.25, -0.2) is 0 Å². The van der Waals surface area contributed by atoms with Crippen molar-refractivity contribution in [3.63, 3.8) is 0 Å². The SMILES string of the molecule is CCC(N)(CC)COCC(=O)NC(C)(C)CC. The lowest BCUT2D eigenvalue weighted by Crippen LogP contribution is -2.47. The van der Waals surface area contributed by atoms with Gasteiger partial charge < -0.3 is 15.8 Å². The fraction of sp³-hybridized carbons (Fsp3) is 0.923. The van der Waals surface area contributed by atoms with Crippen LogP contribution < -0.4 is 11.1 Å². The van der Waals surface area contributed by atoms with E-state index in [1.807, 2.05) is 34.6 Å². The van der Waals surface area contributed by atoms with Gasteiger partial charge in [0.2, 0.25) is 5.91 Å². The molecule has 0 radical (unpaired) electrons. The molecule has 0 rings (SSSR count). The van der Waals surface area contributed by atoms with Crippen LogP contribution in [-0.4, -0.2) is 30.2 Å². The van der Waals surface area contributed by atoms with Gasteiger partial charge in [0.05, 0.1) is 6.61 Å². The number of amides is 1. The second kappa shape index (κ2) is 6.97. The van der Waals surface area contributed by atoms with E-state index in [0.29, 0.717) is 6.61 Å². The molecule has 3 N–H and O–H groups in total. The number of rotatable bonds is 8. The van der Waals surface area contributed by atoms with Crippen molar-refractivity contribution in [1.82, 2.24) is 5.32 Å². The van der Waals surface area contributed by atoms with Crippen LogP contribution in [0.3, 0.4) is 0 Å². The molecule has 0 aromatic carbocycles. The molecule has 0 heterocycles. The smallest absolute Gasteiger partial charge is 0.246 e. The maximum Gasteiger partial charge on any atom is 0.246 e. The molecule has 17 heavy (non-hydrogen) atoms. The molecule has 0 spiro atoms. The largest absolute Gasteiger partial charge is 0.370 e. The summed E-state index contributed by atoms with van der Waals surface area (Å²) in [5.41, 5.74) is 5.60. The molecule has 4 heteroatoms. The van der Waals surface area contributed by atoms with Gasteiger partial charge in [-0.15, -0.1) is 0 Å². The van der Waals surface area contributed by atoms with Crippen molar-refractivity contribution in [3.05, 3.63) is 0 Å². The summed E-state index contributed by atoms with van der Waals surface area (Å²) < 4.78 is 5.40. The van der Waals surface area contributed by atoms with E-state index in [9.17, 15) is 4.79 Å². The first kappa shape index (κ1) is 16.4. The molecule has 0 aliphatic rings. The molecule has 0 unspecified atom stereocenters. The Bertz CT molecular complexity index is 236. The normalized spacial score (nSPS) is 12.6. The van der Waals surface area contributed by atoms with Gasteiger partial charge >= 0.3 is 0 Å². The highest BCUT2D eigenvalue weighted by molar-refractivity contribution is 5.77. The zero-order valence-electron chi connectivity index (χ0n) is 11.9. The van der Waals surface area contributed by atoms with Crippen LogP contribution in [0.1, 0.15) is 53.9 Å². The fourth-order valence-electron chi connectivity index (χ4n) is 1.30. The Morgan fingerprint density at radius 3 is 2.12 bits per heavy atom. The Balaban J connectivity index is 3.94. The van der Waals surface area contributed by atoms with E-state index in [0.717, 1.165) is 19.3 Å². The van der Waals surface area contributed by atoms with Gasteiger partial charge in [-0.3, -0.25) is 4.79 Å². The molecule has 0 saturated heterocycles. The standard InChI is InChI=1S/C13H28N2O2/c1-6-12(4,5)15-11(16)9-17-10-13(14,7-2)8-3/h6-10,14H2,1-5H3,(H,15,16). The monoisotopic (exact) mass is 244 g/mol. The number of nitrogens with two attached hydrogens (primary N) is 1. The summed E-state index contributed by atoms with van der Waals surface area (Å²) in [6.45, 7) is 10.6. The Hall–Kier alpha value is -0.610. The van der Waals surface area contributed by atoms with Crippen molar-refractivity contribution >= 4 is 5.91 Å². The Morgan fingerprint density at radius 1 is 1.18 bits per heavy atom. The highest BCUT2D eigenvalue weighted by Gasteiger charge is 2.22. The van der Waals surface area contributed by atoms with Gasteiger partial charge in [0.15, 0.2) is 0 Å². The van der Waals surface area contributed by atoms with Crippen LogP contribution in [-0.2, 0) is 9.53 Å². The molecule has 0 aliphatic carbocycles. The number of carbonyl (C=O) groups is 1. The highest BCUT2D eigenvalue weighted by Crippen LogP contribution is 2.11. The van der Waals surface area contributed by atoms with Gasteiger partial charge in [0, 0.05) is 11.1 Å². The number of carbonyl (C=O) groups excluding carboxylic acids is 1. The van der Waals surface area contributed by atoms with Crippen molar-refractivity contribution < 1.29 is 9.53 Å². The summed E-state index contributed by atoms with van der Waals surface area (Å²) in [6.07, 6.45) is 2.60. The molecule has 0 atom stereocenters. The lowest BCUT2D eigenvalue weighted by atomic mass is 9.96. The van der Waals surface area contributed by atoms with Crippen molar-refractivity contribution in [2.24, 2.45) is 5.73 Å². The van der Waals surface area contributed by atoms with E-state index in [1.54, 1.807) is 0 Å². The molecule has 0 bridgehead atoms. The van der Waals surface area contributed by atoms with Crippen molar-refractivity contribution in [1.29, 1.82) is 0 Å². The maximum atomic E-state index is 11.6. The van der Waals surface area contributed by atoms with E-state index in [4.69, 9.17) is 10.5 Å². The summed E-state index contributed by atoms with van der Waals surface area (Å²) in [5.74, 6) is -0.0774. The zero-order chi connectivity index (χ0) is 13.5. The van der Waals surface area contributed by atoms with Crippen LogP contribution in [0.25, 0.3) is 0 Å². The quantitative estimate of drug-likeness (QED) is 0.684. The molecule has 0 saturated carbocycles. The molecule has 0 aromatic rings. The molecule has 0 aliphatic heterocycles. The van der Waals surface area contributed by atoms with Gasteiger partial charge in [0.1, 0.15) is 6.61 Å². The summed E-state index contributed by atoms with van der Waals surface area (Å²) in [6, 6.07) is 0. The second-order valence-corrected chi connectivity index (χ2v) is 5.35. The first-order valence-corrected chi connectivity index (χ1v) is 6.46. The van der Waals surface area contributed by atoms with Crippen molar-refractivity contribution in [2.45, 2.75) is 65.0 Å². The molecular formula is C13H28N2O2. The Labute approximate surface area is 105 Å². The van der Waals surface area contributed by atoms with Gasteiger partial charge in [-0.2, -0.15) is 0 Å². The first-order valence-electron chi connectivity index (χ1n) is 6.46. The van der Waals surface area contributed by atoms with Crippen molar-refractivity contribution in [3.8, 4) is 0 Å². The molecule has 4 nitrogen and oxygen atoms in total. The topological polar surface area (TPSA) is 64.3 Å². The van der Waals surface area contributed by atoms with Gasteiger partial charge in [-0.1, -0.05) is 20.8 Å². The second-order valence-electron chi connectivity index (χ2n) is 5.35. The first-order chi connectivity index (χ1) is 7.78. The van der Waals surface area contributed by atoms with Crippen LogP contribution >= 0.6 is 0 Å². The number of ether oxygens (including phenoxy) is 1. The highest BCUT2D eigenvalue weighted by atomic mass is 16.5. The van der Waals surface area contributed by atoms with Crippen molar-refractivity contribution in [2.75, 3.05) is 13.2 Å². The minimum atomic E-state index is -0.305. The molecule has 1 amide bonds. The van der Waals surface area contributed by atoms with E-state index in [-0.39, 0.29) is 23.6 Å². The van der Waals surface area contributed by atoms with E-state index in [2.05, 4.69) is 5.32 Å². The van der Waals surface area contributed by atoms with Crippen LogP contribution in [0.4, 0.5) is 0 Å².